The SMILES string of the molecule is CCCNC(=O)[C@@H](Cc1ccccc1)N(Cc1ccc(Cl)cc1)C(=O)CN(c1cccc(F)c1)S(C)(=O)=O. The first-order valence-electron chi connectivity index (χ1n) is 12.2. The molecule has 3 aromatic carbocycles. The van der Waals surface area contributed by atoms with Gasteiger partial charge in [-0.05, 0) is 47.9 Å². The van der Waals surface area contributed by atoms with E-state index >= 15 is 0 Å². The second-order valence-electron chi connectivity index (χ2n) is 8.89. The van der Waals surface area contributed by atoms with Crippen molar-refractivity contribution in [3.8, 4) is 0 Å². The van der Waals surface area contributed by atoms with Gasteiger partial charge < -0.3 is 10.2 Å². The van der Waals surface area contributed by atoms with Crippen LogP contribution in [0, 0.1) is 5.82 Å². The van der Waals surface area contributed by atoms with Crippen LogP contribution in [0.2, 0.25) is 5.02 Å². The lowest BCUT2D eigenvalue weighted by atomic mass is 10.0. The Kier molecular flexibility index (Phi) is 10.3. The number of hydrogen-bond donors (Lipinski definition) is 1. The molecule has 202 valence electrons. The normalized spacial score (nSPS) is 12.0. The summed E-state index contributed by atoms with van der Waals surface area (Å²) < 4.78 is 40.1. The maximum Gasteiger partial charge on any atom is 0.244 e. The minimum atomic E-state index is -3.96. The maximum absolute atomic E-state index is 13.9. The number of carbonyl (C=O) groups is 2. The second kappa shape index (κ2) is 13.4. The highest BCUT2D eigenvalue weighted by Gasteiger charge is 2.33. The number of benzene rings is 3. The third-order valence-electron chi connectivity index (χ3n) is 5.86. The third-order valence-corrected chi connectivity index (χ3v) is 7.25. The Morgan fingerprint density at radius 1 is 0.974 bits per heavy atom. The molecule has 3 rings (SSSR count). The highest BCUT2D eigenvalue weighted by Crippen LogP contribution is 2.21. The van der Waals surface area contributed by atoms with Crippen LogP contribution < -0.4 is 9.62 Å². The minimum absolute atomic E-state index is 0.0161. The Hall–Kier alpha value is -3.43. The van der Waals surface area contributed by atoms with E-state index in [1.807, 2.05) is 37.3 Å². The zero-order valence-corrected chi connectivity index (χ0v) is 22.9. The first-order chi connectivity index (χ1) is 18.1. The van der Waals surface area contributed by atoms with Crippen LogP contribution >= 0.6 is 11.6 Å². The zero-order valence-electron chi connectivity index (χ0n) is 21.3. The zero-order chi connectivity index (χ0) is 27.7. The number of amides is 2. The Bertz CT molecular complexity index is 1340. The number of hydrogen-bond acceptors (Lipinski definition) is 4. The van der Waals surface area contributed by atoms with Gasteiger partial charge in [-0.2, -0.15) is 0 Å². The summed E-state index contributed by atoms with van der Waals surface area (Å²) >= 11 is 6.04. The fraction of sp³-hybridized carbons (Fsp3) is 0.286. The predicted octanol–water partition coefficient (Wildman–Crippen LogP) is 4.41. The van der Waals surface area contributed by atoms with Crippen molar-refractivity contribution in [1.29, 1.82) is 0 Å². The number of anilines is 1. The molecule has 3 aromatic rings. The van der Waals surface area contributed by atoms with E-state index < -0.39 is 34.3 Å². The fourth-order valence-electron chi connectivity index (χ4n) is 3.95. The summed E-state index contributed by atoms with van der Waals surface area (Å²) in [4.78, 5) is 28.6. The van der Waals surface area contributed by atoms with Gasteiger partial charge in [0.1, 0.15) is 18.4 Å². The average molecular weight is 560 g/mol. The smallest absolute Gasteiger partial charge is 0.244 e. The molecule has 38 heavy (non-hydrogen) atoms. The van der Waals surface area contributed by atoms with Gasteiger partial charge in [0.2, 0.25) is 21.8 Å². The topological polar surface area (TPSA) is 86.8 Å². The fourth-order valence-corrected chi connectivity index (χ4v) is 4.92. The van der Waals surface area contributed by atoms with E-state index in [0.29, 0.717) is 23.6 Å². The molecule has 0 aliphatic rings. The van der Waals surface area contributed by atoms with E-state index in [9.17, 15) is 22.4 Å². The Morgan fingerprint density at radius 3 is 2.26 bits per heavy atom. The van der Waals surface area contributed by atoms with Crippen LogP contribution in [0.3, 0.4) is 0 Å². The molecule has 0 fully saturated rings. The van der Waals surface area contributed by atoms with Gasteiger partial charge in [0.25, 0.3) is 0 Å². The van der Waals surface area contributed by atoms with Crippen LogP contribution in [0.1, 0.15) is 24.5 Å². The van der Waals surface area contributed by atoms with Crippen molar-refractivity contribution < 1.29 is 22.4 Å². The largest absolute Gasteiger partial charge is 0.354 e. The predicted molar refractivity (Wildman–Crippen MR) is 148 cm³/mol. The van der Waals surface area contributed by atoms with Crippen LogP contribution in [-0.4, -0.2) is 50.5 Å². The lowest BCUT2D eigenvalue weighted by Crippen LogP contribution is -2.53. The van der Waals surface area contributed by atoms with Crippen LogP contribution in [0.25, 0.3) is 0 Å². The second-order valence-corrected chi connectivity index (χ2v) is 11.2. The highest BCUT2D eigenvalue weighted by molar-refractivity contribution is 7.92. The number of halogens is 2. The van der Waals surface area contributed by atoms with Gasteiger partial charge in [0.15, 0.2) is 0 Å². The Labute approximate surface area is 228 Å². The van der Waals surface area contributed by atoms with E-state index in [1.54, 1.807) is 24.3 Å². The van der Waals surface area contributed by atoms with Gasteiger partial charge in [0, 0.05) is 24.5 Å². The third kappa shape index (κ3) is 8.29. The first-order valence-corrected chi connectivity index (χ1v) is 14.4. The van der Waals surface area contributed by atoms with Crippen molar-refractivity contribution in [3.63, 3.8) is 0 Å². The molecular formula is C28H31ClFN3O4S. The summed E-state index contributed by atoms with van der Waals surface area (Å²) in [5, 5.41) is 3.39. The van der Waals surface area contributed by atoms with E-state index in [2.05, 4.69) is 5.32 Å². The molecule has 2 amide bonds. The number of nitrogens with one attached hydrogen (secondary N) is 1. The monoisotopic (exact) mass is 559 g/mol. The van der Waals surface area contributed by atoms with Crippen molar-refractivity contribution in [1.82, 2.24) is 10.2 Å². The minimum Gasteiger partial charge on any atom is -0.354 e. The lowest BCUT2D eigenvalue weighted by molar-refractivity contribution is -0.140. The van der Waals surface area contributed by atoms with Gasteiger partial charge in [-0.25, -0.2) is 12.8 Å². The molecule has 0 saturated heterocycles. The molecule has 0 aliphatic carbocycles. The summed E-state index contributed by atoms with van der Waals surface area (Å²) in [5.41, 5.74) is 1.56. The van der Waals surface area contributed by atoms with Gasteiger partial charge >= 0.3 is 0 Å². The molecule has 0 radical (unpaired) electrons. The Balaban J connectivity index is 2.03. The quantitative estimate of drug-likeness (QED) is 0.356. The summed E-state index contributed by atoms with van der Waals surface area (Å²) in [6.07, 6.45) is 1.87. The van der Waals surface area contributed by atoms with Crippen LogP contribution in [0.4, 0.5) is 10.1 Å². The van der Waals surface area contributed by atoms with Crippen LogP contribution in [0.15, 0.2) is 78.9 Å². The molecule has 1 N–H and O–H groups in total. The summed E-state index contributed by atoms with van der Waals surface area (Å²) in [7, 11) is -3.96. The van der Waals surface area contributed by atoms with Crippen molar-refractivity contribution in [2.45, 2.75) is 32.4 Å². The van der Waals surface area contributed by atoms with Gasteiger partial charge in [-0.15, -0.1) is 0 Å². The molecule has 0 unspecified atom stereocenters. The van der Waals surface area contributed by atoms with Gasteiger partial charge in [-0.1, -0.05) is 67.1 Å². The molecule has 0 aliphatic heterocycles. The van der Waals surface area contributed by atoms with Crippen LogP contribution in [0.5, 0.6) is 0 Å². The molecule has 7 nitrogen and oxygen atoms in total. The van der Waals surface area contributed by atoms with Crippen LogP contribution in [-0.2, 0) is 32.6 Å². The number of carbonyl (C=O) groups excluding carboxylic acids is 2. The molecular weight excluding hydrogens is 529 g/mol. The van der Waals surface area contributed by atoms with Gasteiger partial charge in [0.05, 0.1) is 11.9 Å². The molecule has 0 heterocycles. The molecule has 0 bridgehead atoms. The van der Waals surface area contributed by atoms with Crippen molar-refractivity contribution in [2.24, 2.45) is 0 Å². The Morgan fingerprint density at radius 2 is 1.66 bits per heavy atom. The lowest BCUT2D eigenvalue weighted by Gasteiger charge is -2.33. The maximum atomic E-state index is 13.9. The molecule has 0 saturated carbocycles. The van der Waals surface area contributed by atoms with Crippen molar-refractivity contribution >= 4 is 39.1 Å². The summed E-state index contributed by atoms with van der Waals surface area (Å²) in [6.45, 7) is 1.77. The average Bonchev–Trinajstić information content (AvgIpc) is 2.88. The van der Waals surface area contributed by atoms with E-state index in [1.165, 1.54) is 23.1 Å². The highest BCUT2D eigenvalue weighted by atomic mass is 35.5. The number of rotatable bonds is 12. The van der Waals surface area contributed by atoms with E-state index in [4.69, 9.17) is 11.6 Å². The molecule has 10 heteroatoms. The van der Waals surface area contributed by atoms with E-state index in [0.717, 1.165) is 22.2 Å². The van der Waals surface area contributed by atoms with Crippen molar-refractivity contribution in [2.75, 3.05) is 23.7 Å². The molecule has 0 spiro atoms. The van der Waals surface area contributed by atoms with Gasteiger partial charge in [-0.3, -0.25) is 13.9 Å². The first kappa shape index (κ1) is 29.1. The molecule has 0 aromatic heterocycles. The van der Waals surface area contributed by atoms with E-state index in [-0.39, 0.29) is 24.6 Å². The summed E-state index contributed by atoms with van der Waals surface area (Å²) in [5.74, 6) is -1.60. The summed E-state index contributed by atoms with van der Waals surface area (Å²) in [6, 6.07) is 20.2. The molecule has 1 atom stereocenters. The number of nitrogens with zero attached hydrogens (tertiary/aromatic N) is 2. The standard InChI is InChI=1S/C28H31ClFN3O4S/c1-3-16-31-28(35)26(17-21-8-5-4-6-9-21)32(19-22-12-14-23(29)15-13-22)27(34)20-33(38(2,36)37)25-11-7-10-24(30)18-25/h4-15,18,26H,3,16-17,19-20H2,1-2H3,(H,31,35)/t26-/m1/s1. The van der Waals surface area contributed by atoms with Crippen molar-refractivity contribution in [3.05, 3.63) is 101 Å². The number of sulfonamides is 1.